The van der Waals surface area contributed by atoms with E-state index in [1.165, 1.54) is 23.3 Å². The molecule has 110 valence electrons. The van der Waals surface area contributed by atoms with Gasteiger partial charge in [0, 0.05) is 11.8 Å². The first-order chi connectivity index (χ1) is 10.2. The largest absolute Gasteiger partial charge is 0.505 e. The van der Waals surface area contributed by atoms with E-state index in [0.29, 0.717) is 5.69 Å². The number of hydrogen-bond acceptors (Lipinski definition) is 3. The van der Waals surface area contributed by atoms with Gasteiger partial charge in [0.15, 0.2) is 11.6 Å². The third kappa shape index (κ3) is 2.79. The molecule has 1 aliphatic rings. The average Bonchev–Trinajstić information content (AvgIpc) is 2.51. The number of hydrogen-bond donors (Lipinski definition) is 2. The van der Waals surface area contributed by atoms with E-state index in [0.717, 1.165) is 25.0 Å². The topological polar surface area (TPSA) is 41.5 Å². The minimum absolute atomic E-state index is 0.132. The number of phenolic OH excluding ortho intramolecular Hbond substituents is 1. The van der Waals surface area contributed by atoms with Gasteiger partial charge in [-0.1, -0.05) is 6.07 Å². The van der Waals surface area contributed by atoms with Gasteiger partial charge < -0.3 is 15.2 Å². The zero-order valence-electron chi connectivity index (χ0n) is 11.9. The second-order valence-electron chi connectivity index (χ2n) is 5.32. The number of anilines is 1. The number of halogens is 1. The summed E-state index contributed by atoms with van der Waals surface area (Å²) in [5.41, 5.74) is 3.18. The molecule has 0 aliphatic heterocycles. The summed E-state index contributed by atoms with van der Waals surface area (Å²) in [7, 11) is 1.66. The summed E-state index contributed by atoms with van der Waals surface area (Å²) < 4.78 is 18.7. The van der Waals surface area contributed by atoms with Gasteiger partial charge in [0.25, 0.3) is 0 Å². The fourth-order valence-corrected chi connectivity index (χ4v) is 2.85. The predicted octanol–water partition coefficient (Wildman–Crippen LogP) is 4.03. The third-order valence-electron chi connectivity index (χ3n) is 3.96. The molecule has 0 radical (unpaired) electrons. The van der Waals surface area contributed by atoms with E-state index in [1.54, 1.807) is 13.2 Å². The van der Waals surface area contributed by atoms with Crippen molar-refractivity contribution >= 4 is 5.69 Å². The Labute approximate surface area is 123 Å². The summed E-state index contributed by atoms with van der Waals surface area (Å²) in [5, 5.41) is 12.6. The maximum absolute atomic E-state index is 13.4. The van der Waals surface area contributed by atoms with Crippen LogP contribution >= 0.6 is 0 Å². The van der Waals surface area contributed by atoms with Crippen LogP contribution in [-0.2, 0) is 6.42 Å². The van der Waals surface area contributed by atoms with Crippen molar-refractivity contribution in [2.75, 3.05) is 12.4 Å². The van der Waals surface area contributed by atoms with E-state index in [2.05, 4.69) is 11.4 Å². The van der Waals surface area contributed by atoms with E-state index >= 15 is 0 Å². The number of phenols is 1. The maximum Gasteiger partial charge on any atom is 0.166 e. The molecule has 0 saturated carbocycles. The van der Waals surface area contributed by atoms with Crippen LogP contribution in [0, 0.1) is 5.82 Å². The molecule has 1 unspecified atom stereocenters. The molecule has 0 amide bonds. The summed E-state index contributed by atoms with van der Waals surface area (Å²) in [5.74, 6) is -0.104. The van der Waals surface area contributed by atoms with Crippen LogP contribution < -0.4 is 10.1 Å². The minimum Gasteiger partial charge on any atom is -0.505 e. The molecule has 3 nitrogen and oxygen atoms in total. The number of aryl methyl sites for hydroxylation is 1. The first-order valence-corrected chi connectivity index (χ1v) is 7.09. The summed E-state index contributed by atoms with van der Waals surface area (Å²) in [6.45, 7) is 0. The zero-order valence-corrected chi connectivity index (χ0v) is 11.9. The van der Waals surface area contributed by atoms with Crippen LogP contribution in [0.5, 0.6) is 11.5 Å². The second kappa shape index (κ2) is 5.64. The van der Waals surface area contributed by atoms with Crippen LogP contribution in [0.2, 0.25) is 0 Å². The van der Waals surface area contributed by atoms with Crippen LogP contribution in [-0.4, -0.2) is 12.2 Å². The molecule has 1 aliphatic carbocycles. The van der Waals surface area contributed by atoms with Gasteiger partial charge in [-0.15, -0.1) is 0 Å². The van der Waals surface area contributed by atoms with Crippen LogP contribution in [0.4, 0.5) is 10.1 Å². The van der Waals surface area contributed by atoms with E-state index < -0.39 is 5.82 Å². The molecule has 2 aromatic carbocycles. The molecule has 0 saturated heterocycles. The normalized spacial score (nSPS) is 17.1. The monoisotopic (exact) mass is 287 g/mol. The Morgan fingerprint density at radius 1 is 1.24 bits per heavy atom. The Morgan fingerprint density at radius 2 is 2.10 bits per heavy atom. The van der Waals surface area contributed by atoms with E-state index in [-0.39, 0.29) is 11.8 Å². The maximum atomic E-state index is 13.4. The highest BCUT2D eigenvalue weighted by atomic mass is 19.1. The van der Waals surface area contributed by atoms with Gasteiger partial charge in [-0.3, -0.25) is 0 Å². The third-order valence-corrected chi connectivity index (χ3v) is 3.96. The van der Waals surface area contributed by atoms with Crippen molar-refractivity contribution in [3.05, 3.63) is 53.3 Å². The molecule has 2 N–H and O–H groups in total. The molecular formula is C17H18FNO2. The summed E-state index contributed by atoms with van der Waals surface area (Å²) >= 11 is 0. The van der Waals surface area contributed by atoms with Crippen LogP contribution in [0.3, 0.4) is 0 Å². The lowest BCUT2D eigenvalue weighted by Crippen LogP contribution is -2.17. The van der Waals surface area contributed by atoms with Gasteiger partial charge in [0.05, 0.1) is 13.2 Å². The van der Waals surface area contributed by atoms with Crippen molar-refractivity contribution in [3.8, 4) is 11.5 Å². The Morgan fingerprint density at radius 3 is 2.86 bits per heavy atom. The first-order valence-electron chi connectivity index (χ1n) is 7.09. The number of benzene rings is 2. The first kappa shape index (κ1) is 13.7. The van der Waals surface area contributed by atoms with Gasteiger partial charge >= 0.3 is 0 Å². The molecule has 0 fully saturated rings. The van der Waals surface area contributed by atoms with Crippen LogP contribution in [0.15, 0.2) is 36.4 Å². The summed E-state index contributed by atoms with van der Waals surface area (Å²) in [6.07, 6.45) is 3.14. The van der Waals surface area contributed by atoms with E-state index in [4.69, 9.17) is 4.74 Å². The standard InChI is InChI=1S/C17H18FNO2/c1-21-13-7-5-11-3-2-4-16(14(11)10-13)19-12-6-8-17(20)15(18)9-12/h5-10,16,19-20H,2-4H2,1H3. The summed E-state index contributed by atoms with van der Waals surface area (Å²) in [4.78, 5) is 0. The van der Waals surface area contributed by atoms with Crippen molar-refractivity contribution in [1.29, 1.82) is 0 Å². The van der Waals surface area contributed by atoms with E-state index in [9.17, 15) is 9.50 Å². The van der Waals surface area contributed by atoms with Gasteiger partial charge in [-0.05, 0) is 54.7 Å². The van der Waals surface area contributed by atoms with Crippen molar-refractivity contribution < 1.29 is 14.2 Å². The smallest absolute Gasteiger partial charge is 0.166 e. The molecular weight excluding hydrogens is 269 g/mol. The predicted molar refractivity (Wildman–Crippen MR) is 80.4 cm³/mol. The van der Waals surface area contributed by atoms with Crippen molar-refractivity contribution in [2.24, 2.45) is 0 Å². The number of fused-ring (bicyclic) bond motifs is 1. The lowest BCUT2D eigenvalue weighted by Gasteiger charge is -2.27. The Kier molecular flexibility index (Phi) is 3.69. The molecule has 0 bridgehead atoms. The average molecular weight is 287 g/mol. The number of aromatic hydroxyl groups is 1. The summed E-state index contributed by atoms with van der Waals surface area (Å²) in [6, 6.07) is 10.6. The minimum atomic E-state index is -0.610. The Bertz CT molecular complexity index is 657. The van der Waals surface area contributed by atoms with Gasteiger partial charge in [-0.2, -0.15) is 0 Å². The molecule has 0 aromatic heterocycles. The van der Waals surface area contributed by atoms with E-state index in [1.807, 2.05) is 12.1 Å². The van der Waals surface area contributed by atoms with Crippen molar-refractivity contribution in [3.63, 3.8) is 0 Å². The highest BCUT2D eigenvalue weighted by Crippen LogP contribution is 2.35. The second-order valence-corrected chi connectivity index (χ2v) is 5.32. The van der Waals surface area contributed by atoms with Gasteiger partial charge in [0.2, 0.25) is 0 Å². The number of ether oxygens (including phenoxy) is 1. The van der Waals surface area contributed by atoms with Crippen LogP contribution in [0.25, 0.3) is 0 Å². The van der Waals surface area contributed by atoms with Crippen LogP contribution in [0.1, 0.15) is 30.0 Å². The molecule has 0 spiro atoms. The fourth-order valence-electron chi connectivity index (χ4n) is 2.85. The number of rotatable bonds is 3. The quantitative estimate of drug-likeness (QED) is 0.837. The molecule has 0 heterocycles. The fraction of sp³-hybridized carbons (Fsp3) is 0.294. The number of methoxy groups -OCH3 is 1. The van der Waals surface area contributed by atoms with Gasteiger partial charge in [0.1, 0.15) is 5.75 Å². The van der Waals surface area contributed by atoms with Gasteiger partial charge in [-0.25, -0.2) is 4.39 Å². The zero-order chi connectivity index (χ0) is 14.8. The van der Waals surface area contributed by atoms with Crippen molar-refractivity contribution in [1.82, 2.24) is 0 Å². The molecule has 2 aromatic rings. The highest BCUT2D eigenvalue weighted by Gasteiger charge is 2.21. The number of nitrogens with one attached hydrogen (secondary N) is 1. The Balaban J connectivity index is 1.88. The lowest BCUT2D eigenvalue weighted by atomic mass is 9.87. The molecule has 3 rings (SSSR count). The SMILES string of the molecule is COc1ccc2c(c1)C(Nc1ccc(O)c(F)c1)CCC2. The molecule has 4 heteroatoms. The Hall–Kier alpha value is -2.23. The highest BCUT2D eigenvalue weighted by molar-refractivity contribution is 5.51. The van der Waals surface area contributed by atoms with Crippen molar-refractivity contribution in [2.45, 2.75) is 25.3 Å². The lowest BCUT2D eigenvalue weighted by molar-refractivity contribution is 0.413. The molecule has 21 heavy (non-hydrogen) atoms. The molecule has 1 atom stereocenters.